The van der Waals surface area contributed by atoms with Crippen molar-refractivity contribution in [1.82, 2.24) is 9.80 Å². The number of nitrogens with zero attached hydrogens (tertiary/aromatic N) is 3. The van der Waals surface area contributed by atoms with Crippen LogP contribution in [0.25, 0.3) is 0 Å². The van der Waals surface area contributed by atoms with Crippen LogP contribution in [0.5, 0.6) is 0 Å². The lowest BCUT2D eigenvalue weighted by Crippen LogP contribution is -2.60. The molecule has 0 aromatic heterocycles. The molecule has 1 aliphatic heterocycles. The zero-order valence-electron chi connectivity index (χ0n) is 18.5. The van der Waals surface area contributed by atoms with E-state index in [1.165, 1.54) is 0 Å². The summed E-state index contributed by atoms with van der Waals surface area (Å²) >= 11 is 9.33. The van der Waals surface area contributed by atoms with Gasteiger partial charge in [0.2, 0.25) is 5.91 Å². The van der Waals surface area contributed by atoms with E-state index in [0.717, 1.165) is 10.2 Å². The molecule has 1 aromatic rings. The number of hydrogen-bond donors (Lipinski definition) is 0. The molecule has 8 heteroatoms. The topological polar surface area (TPSA) is 53.1 Å². The summed E-state index contributed by atoms with van der Waals surface area (Å²) in [5.74, 6) is 0.121. The predicted octanol–water partition coefficient (Wildman–Crippen LogP) is 4.60. The van der Waals surface area contributed by atoms with Crippen molar-refractivity contribution < 1.29 is 14.3 Å². The monoisotopic (exact) mass is 501 g/mol. The van der Waals surface area contributed by atoms with E-state index in [-0.39, 0.29) is 23.9 Å². The lowest BCUT2D eigenvalue weighted by molar-refractivity contribution is -0.130. The highest BCUT2D eigenvalue weighted by Crippen LogP contribution is 2.24. The van der Waals surface area contributed by atoms with Crippen LogP contribution in [0.1, 0.15) is 34.6 Å². The van der Waals surface area contributed by atoms with E-state index in [1.54, 1.807) is 9.80 Å². The number of hydrogen-bond acceptors (Lipinski definition) is 4. The molecule has 30 heavy (non-hydrogen) atoms. The van der Waals surface area contributed by atoms with Gasteiger partial charge < -0.3 is 14.5 Å². The van der Waals surface area contributed by atoms with Gasteiger partial charge in [0.25, 0.3) is 0 Å². The molecule has 2 rings (SSSR count). The number of alkyl halides is 1. The average molecular weight is 503 g/mol. The van der Waals surface area contributed by atoms with Crippen LogP contribution in [0.4, 0.5) is 10.5 Å². The molecule has 1 aliphatic rings. The Morgan fingerprint density at radius 2 is 1.87 bits per heavy atom. The molecule has 1 heterocycles. The summed E-state index contributed by atoms with van der Waals surface area (Å²) in [6, 6.07) is 7.93. The minimum absolute atomic E-state index is 0.0672. The number of halogens is 2. The minimum Gasteiger partial charge on any atom is -0.444 e. The number of piperazine rings is 1. The average Bonchev–Trinajstić information content (AvgIpc) is 2.65. The Bertz CT molecular complexity index is 721. The number of amides is 2. The predicted molar refractivity (Wildman–Crippen MR) is 125 cm³/mol. The third-order valence-corrected chi connectivity index (χ3v) is 5.54. The minimum atomic E-state index is -0.575. The molecule has 0 aliphatic carbocycles. The molecule has 1 atom stereocenters. The van der Waals surface area contributed by atoms with Crippen molar-refractivity contribution in [2.45, 2.75) is 46.3 Å². The molecule has 0 N–H and O–H groups in total. The molecule has 6 nitrogen and oxygen atoms in total. The van der Waals surface area contributed by atoms with Crippen molar-refractivity contribution in [2.24, 2.45) is 5.92 Å². The van der Waals surface area contributed by atoms with Crippen LogP contribution in [-0.2, 0) is 9.53 Å². The Morgan fingerprint density at radius 1 is 1.23 bits per heavy atom. The lowest BCUT2D eigenvalue weighted by Gasteiger charge is -2.44. The van der Waals surface area contributed by atoms with Crippen LogP contribution in [0.15, 0.2) is 28.7 Å². The van der Waals surface area contributed by atoms with Crippen molar-refractivity contribution in [3.8, 4) is 0 Å². The Balaban J connectivity index is 2.25. The molecule has 1 aromatic carbocycles. The molecule has 1 unspecified atom stereocenters. The van der Waals surface area contributed by atoms with Gasteiger partial charge in [-0.1, -0.05) is 29.8 Å². The first kappa shape index (κ1) is 24.8. The highest BCUT2D eigenvalue weighted by molar-refractivity contribution is 9.10. The standard InChI is InChI=1S/C22H33BrClN3O3/c1-16(2)13-26(20(28)12-24)15-19-14-25(18-8-6-17(23)7-9-18)10-11-27(19)21(29)30-22(3,4)5/h6-9,16,19H,10-15H2,1-5H3. The SMILES string of the molecule is CC(C)CN(CC1CN(c2ccc(Br)cc2)CCN1C(=O)OC(C)(C)C)C(=O)CCl. The van der Waals surface area contributed by atoms with E-state index in [1.807, 2.05) is 32.9 Å². The molecule has 0 radical (unpaired) electrons. The highest BCUT2D eigenvalue weighted by Gasteiger charge is 2.35. The Labute approximate surface area is 193 Å². The van der Waals surface area contributed by atoms with Crippen LogP contribution >= 0.6 is 27.5 Å². The van der Waals surface area contributed by atoms with Crippen LogP contribution in [-0.4, -0.2) is 72.0 Å². The number of carbonyl (C=O) groups is 2. The third-order valence-electron chi connectivity index (χ3n) is 4.79. The van der Waals surface area contributed by atoms with Crippen molar-refractivity contribution >= 4 is 45.2 Å². The maximum atomic E-state index is 12.9. The van der Waals surface area contributed by atoms with Crippen molar-refractivity contribution in [1.29, 1.82) is 0 Å². The van der Waals surface area contributed by atoms with Gasteiger partial charge in [-0.25, -0.2) is 4.79 Å². The summed E-state index contributed by atoms with van der Waals surface area (Å²) in [5, 5.41) is 0. The zero-order chi connectivity index (χ0) is 22.5. The van der Waals surface area contributed by atoms with Gasteiger partial charge in [0, 0.05) is 42.9 Å². The van der Waals surface area contributed by atoms with E-state index >= 15 is 0 Å². The van der Waals surface area contributed by atoms with Gasteiger partial charge >= 0.3 is 6.09 Å². The van der Waals surface area contributed by atoms with Crippen LogP contribution in [0.3, 0.4) is 0 Å². The molecule has 0 bridgehead atoms. The van der Waals surface area contributed by atoms with Crippen LogP contribution in [0, 0.1) is 5.92 Å². The van der Waals surface area contributed by atoms with Crippen molar-refractivity contribution in [3.63, 3.8) is 0 Å². The molecule has 1 saturated heterocycles. The molecule has 0 saturated carbocycles. The van der Waals surface area contributed by atoms with Crippen molar-refractivity contribution in [3.05, 3.63) is 28.7 Å². The summed E-state index contributed by atoms with van der Waals surface area (Å²) in [6.07, 6.45) is -0.342. The second-order valence-electron chi connectivity index (χ2n) is 9.08. The smallest absolute Gasteiger partial charge is 0.410 e. The van der Waals surface area contributed by atoms with Gasteiger partial charge in [-0.2, -0.15) is 0 Å². The molecule has 1 fully saturated rings. The first-order valence-electron chi connectivity index (χ1n) is 10.3. The van der Waals surface area contributed by atoms with E-state index in [4.69, 9.17) is 16.3 Å². The summed E-state index contributed by atoms with van der Waals surface area (Å²) in [5.41, 5.74) is 0.514. The lowest BCUT2D eigenvalue weighted by atomic mass is 10.1. The summed E-state index contributed by atoms with van der Waals surface area (Å²) < 4.78 is 6.67. The number of rotatable bonds is 6. The van der Waals surface area contributed by atoms with E-state index in [9.17, 15) is 9.59 Å². The molecule has 0 spiro atoms. The largest absolute Gasteiger partial charge is 0.444 e. The van der Waals surface area contributed by atoms with Crippen LogP contribution < -0.4 is 4.90 Å². The van der Waals surface area contributed by atoms with E-state index in [2.05, 4.69) is 46.8 Å². The number of ether oxygens (including phenoxy) is 1. The highest BCUT2D eigenvalue weighted by atomic mass is 79.9. The number of anilines is 1. The summed E-state index contributed by atoms with van der Waals surface area (Å²) in [6.45, 7) is 12.6. The van der Waals surface area contributed by atoms with E-state index < -0.39 is 5.60 Å². The first-order valence-corrected chi connectivity index (χ1v) is 11.7. The molecular formula is C22H33BrClN3O3. The Kier molecular flexibility index (Phi) is 8.85. The van der Waals surface area contributed by atoms with Gasteiger partial charge in [-0.05, 0) is 51.0 Å². The zero-order valence-corrected chi connectivity index (χ0v) is 20.9. The Hall–Kier alpha value is -1.47. The molecule has 2 amide bonds. The second-order valence-corrected chi connectivity index (χ2v) is 10.3. The Morgan fingerprint density at radius 3 is 2.40 bits per heavy atom. The van der Waals surface area contributed by atoms with Gasteiger partial charge in [0.05, 0.1) is 6.04 Å². The maximum Gasteiger partial charge on any atom is 0.410 e. The normalized spacial score (nSPS) is 17.3. The first-order chi connectivity index (χ1) is 14.0. The van der Waals surface area contributed by atoms with Crippen molar-refractivity contribution in [2.75, 3.05) is 43.5 Å². The van der Waals surface area contributed by atoms with Gasteiger partial charge in [-0.15, -0.1) is 11.6 Å². The number of benzene rings is 1. The fourth-order valence-electron chi connectivity index (χ4n) is 3.52. The summed E-state index contributed by atoms with van der Waals surface area (Å²) in [7, 11) is 0. The fourth-order valence-corrected chi connectivity index (χ4v) is 3.95. The number of carbonyl (C=O) groups excluding carboxylic acids is 2. The van der Waals surface area contributed by atoms with Gasteiger partial charge in [-0.3, -0.25) is 9.69 Å². The van der Waals surface area contributed by atoms with Crippen LogP contribution in [0.2, 0.25) is 0 Å². The van der Waals surface area contributed by atoms with Gasteiger partial charge in [0.15, 0.2) is 0 Å². The molecular weight excluding hydrogens is 470 g/mol. The maximum absolute atomic E-state index is 12.9. The second kappa shape index (κ2) is 10.7. The quantitative estimate of drug-likeness (QED) is 0.534. The van der Waals surface area contributed by atoms with E-state index in [0.29, 0.717) is 38.6 Å². The molecule has 168 valence electrons. The van der Waals surface area contributed by atoms with Gasteiger partial charge in [0.1, 0.15) is 11.5 Å². The third kappa shape index (κ3) is 7.34. The fraction of sp³-hybridized carbons (Fsp3) is 0.636. The summed E-state index contributed by atoms with van der Waals surface area (Å²) in [4.78, 5) is 31.1.